The van der Waals surface area contributed by atoms with Crippen LogP contribution >= 0.6 is 22.9 Å². The summed E-state index contributed by atoms with van der Waals surface area (Å²) in [5, 5.41) is 6.95. The van der Waals surface area contributed by atoms with Crippen LogP contribution in [0.3, 0.4) is 0 Å². The fraction of sp³-hybridized carbons (Fsp3) is 0.250. The summed E-state index contributed by atoms with van der Waals surface area (Å²) in [4.78, 5) is 17.5. The van der Waals surface area contributed by atoms with Crippen LogP contribution in [0, 0.1) is 0 Å². The highest BCUT2D eigenvalue weighted by Gasteiger charge is 2.30. The summed E-state index contributed by atoms with van der Waals surface area (Å²) in [7, 11) is 0. The molecular weight excluding hydrogens is 385 g/mol. The van der Waals surface area contributed by atoms with Gasteiger partial charge in [-0.05, 0) is 29.6 Å². The highest BCUT2D eigenvalue weighted by Crippen LogP contribution is 2.30. The first-order valence-electron chi connectivity index (χ1n) is 7.60. The molecule has 0 bridgehead atoms. The van der Waals surface area contributed by atoms with E-state index >= 15 is 0 Å². The van der Waals surface area contributed by atoms with Crippen LogP contribution in [0.5, 0.6) is 0 Å². The molecule has 0 aliphatic rings. The van der Waals surface area contributed by atoms with E-state index in [9.17, 15) is 18.0 Å². The summed E-state index contributed by atoms with van der Waals surface area (Å²) < 4.78 is 42.1. The van der Waals surface area contributed by atoms with Crippen LogP contribution in [0.25, 0.3) is 0 Å². The molecule has 0 aliphatic carbocycles. The van der Waals surface area contributed by atoms with E-state index in [-0.39, 0.29) is 5.91 Å². The lowest BCUT2D eigenvalue weighted by molar-refractivity contribution is -0.137. The maximum Gasteiger partial charge on any atom is 0.416 e. The van der Waals surface area contributed by atoms with Crippen molar-refractivity contribution in [2.24, 2.45) is 0 Å². The number of aryl methyl sites for hydroxylation is 1. The van der Waals surface area contributed by atoms with Crippen LogP contribution in [0.2, 0.25) is 0 Å². The summed E-state index contributed by atoms with van der Waals surface area (Å²) in [5.41, 5.74) is 0.465. The number of halogens is 3. The fourth-order valence-electron chi connectivity index (χ4n) is 2.27. The Hall–Kier alpha value is -2.33. The maximum absolute atomic E-state index is 12.8. The molecule has 0 saturated heterocycles. The second kappa shape index (κ2) is 7.50. The van der Waals surface area contributed by atoms with Crippen molar-refractivity contribution in [3.8, 4) is 0 Å². The second-order valence-electron chi connectivity index (χ2n) is 5.36. The van der Waals surface area contributed by atoms with Crippen molar-refractivity contribution in [3.05, 3.63) is 57.0 Å². The van der Waals surface area contributed by atoms with Crippen molar-refractivity contribution in [1.82, 2.24) is 14.6 Å². The van der Waals surface area contributed by atoms with Gasteiger partial charge in [0.25, 0.3) is 5.91 Å². The molecule has 2 aromatic heterocycles. The van der Waals surface area contributed by atoms with E-state index in [0.29, 0.717) is 34.1 Å². The van der Waals surface area contributed by atoms with Crippen LogP contribution in [0.15, 0.2) is 30.5 Å². The van der Waals surface area contributed by atoms with Gasteiger partial charge in [-0.25, -0.2) is 4.98 Å². The smallest absolute Gasteiger partial charge is 0.297 e. The van der Waals surface area contributed by atoms with Crippen molar-refractivity contribution < 1.29 is 18.0 Å². The Morgan fingerprint density at radius 1 is 1.31 bits per heavy atom. The lowest BCUT2D eigenvalue weighted by Gasteiger charge is -2.07. The third-order valence-corrected chi connectivity index (χ3v) is 5.18. The van der Waals surface area contributed by atoms with E-state index in [4.69, 9.17) is 0 Å². The maximum atomic E-state index is 12.8. The minimum Gasteiger partial charge on any atom is -0.297 e. The largest absolute Gasteiger partial charge is 0.416 e. The zero-order valence-corrected chi connectivity index (χ0v) is 15.1. The summed E-state index contributed by atoms with van der Waals surface area (Å²) in [6.45, 7) is 1.88. The number of thiazole rings is 1. The predicted octanol–water partition coefficient (Wildman–Crippen LogP) is 4.42. The van der Waals surface area contributed by atoms with Crippen molar-refractivity contribution in [1.29, 1.82) is 0 Å². The number of anilines is 1. The molecule has 0 radical (unpaired) electrons. The molecule has 136 valence electrons. The Bertz CT molecular complexity index is 920. The zero-order chi connectivity index (χ0) is 18.7. The van der Waals surface area contributed by atoms with Crippen molar-refractivity contribution in [3.63, 3.8) is 0 Å². The van der Waals surface area contributed by atoms with E-state index in [2.05, 4.69) is 19.9 Å². The number of benzene rings is 1. The number of carbonyl (C=O) groups is 1. The van der Waals surface area contributed by atoms with Gasteiger partial charge in [-0.2, -0.15) is 13.2 Å². The lowest BCUT2D eigenvalue weighted by atomic mass is 10.1. The topological polar surface area (TPSA) is 67.8 Å². The van der Waals surface area contributed by atoms with Gasteiger partial charge in [0.2, 0.25) is 0 Å². The van der Waals surface area contributed by atoms with E-state index in [0.717, 1.165) is 28.5 Å². The number of hydrogen-bond donors (Lipinski definition) is 1. The van der Waals surface area contributed by atoms with E-state index in [1.165, 1.54) is 17.4 Å². The quantitative estimate of drug-likeness (QED) is 0.691. The molecule has 0 atom stereocenters. The van der Waals surface area contributed by atoms with Gasteiger partial charge in [0, 0.05) is 17.5 Å². The fourth-order valence-corrected chi connectivity index (χ4v) is 3.76. The summed E-state index contributed by atoms with van der Waals surface area (Å²) in [6, 6.07) is 5.17. The van der Waals surface area contributed by atoms with Crippen LogP contribution < -0.4 is 5.32 Å². The average Bonchev–Trinajstić information content (AvgIpc) is 3.23. The Labute approximate surface area is 155 Å². The van der Waals surface area contributed by atoms with Gasteiger partial charge in [0.15, 0.2) is 5.13 Å². The molecular formula is C16H13F3N4OS2. The minimum atomic E-state index is -4.37. The molecule has 0 fully saturated rings. The molecule has 3 rings (SSSR count). The van der Waals surface area contributed by atoms with Gasteiger partial charge < -0.3 is 0 Å². The van der Waals surface area contributed by atoms with E-state index in [1.807, 2.05) is 6.92 Å². The first-order chi connectivity index (χ1) is 12.4. The summed E-state index contributed by atoms with van der Waals surface area (Å²) in [5.74, 6) is -0.336. The minimum absolute atomic E-state index is 0.305. The first-order valence-corrected chi connectivity index (χ1v) is 9.19. The van der Waals surface area contributed by atoms with E-state index in [1.54, 1.807) is 12.3 Å². The second-order valence-corrected chi connectivity index (χ2v) is 7.23. The Kier molecular flexibility index (Phi) is 5.33. The molecule has 1 amide bonds. The van der Waals surface area contributed by atoms with Gasteiger partial charge in [-0.15, -0.1) is 16.4 Å². The Balaban J connectivity index is 1.70. The molecule has 1 aromatic carbocycles. The summed E-state index contributed by atoms with van der Waals surface area (Å²) >= 11 is 2.23. The number of hydrogen-bond acceptors (Lipinski definition) is 6. The third-order valence-electron chi connectivity index (χ3n) is 3.50. The number of nitrogens with one attached hydrogen (secondary N) is 1. The number of alkyl halides is 3. The molecule has 0 unspecified atom stereocenters. The monoisotopic (exact) mass is 398 g/mol. The molecule has 10 heteroatoms. The summed E-state index contributed by atoms with van der Waals surface area (Å²) in [6.07, 6.45) is -1.92. The highest BCUT2D eigenvalue weighted by molar-refractivity contribution is 7.16. The number of carbonyl (C=O) groups excluding carboxylic acids is 1. The number of amides is 1. The van der Waals surface area contributed by atoms with E-state index < -0.39 is 11.7 Å². The Morgan fingerprint density at radius 3 is 2.85 bits per heavy atom. The van der Waals surface area contributed by atoms with Crippen LogP contribution in [0.1, 0.15) is 38.3 Å². The highest BCUT2D eigenvalue weighted by atomic mass is 32.1. The molecule has 0 aliphatic heterocycles. The SMILES string of the molecule is CCc1nnsc1C(=O)Nc1ncc(Cc2cccc(C(F)(F)F)c2)s1. The van der Waals surface area contributed by atoms with Crippen LogP contribution in [-0.2, 0) is 19.0 Å². The van der Waals surface area contributed by atoms with Crippen molar-refractivity contribution in [2.75, 3.05) is 5.32 Å². The number of nitrogens with zero attached hydrogens (tertiary/aromatic N) is 3. The predicted molar refractivity (Wildman–Crippen MR) is 93.6 cm³/mol. The normalized spacial score (nSPS) is 11.5. The Morgan fingerprint density at radius 2 is 2.12 bits per heavy atom. The van der Waals surface area contributed by atoms with Gasteiger partial charge in [0.1, 0.15) is 4.88 Å². The molecule has 2 heterocycles. The molecule has 0 saturated carbocycles. The molecule has 26 heavy (non-hydrogen) atoms. The van der Waals surface area contributed by atoms with Gasteiger partial charge >= 0.3 is 6.18 Å². The van der Waals surface area contributed by atoms with Crippen LogP contribution in [0.4, 0.5) is 18.3 Å². The first kappa shape index (κ1) is 18.5. The molecule has 1 N–H and O–H groups in total. The molecule has 3 aromatic rings. The third kappa shape index (κ3) is 4.25. The van der Waals surface area contributed by atoms with Gasteiger partial charge in [-0.1, -0.05) is 29.6 Å². The van der Waals surface area contributed by atoms with Gasteiger partial charge in [-0.3, -0.25) is 10.1 Å². The zero-order valence-electron chi connectivity index (χ0n) is 13.5. The lowest BCUT2D eigenvalue weighted by Crippen LogP contribution is -2.11. The van der Waals surface area contributed by atoms with Crippen LogP contribution in [-0.4, -0.2) is 20.5 Å². The standard InChI is InChI=1S/C16H13F3N4OS2/c1-2-12-13(26-23-22-12)14(24)21-15-20-8-11(25-15)7-9-4-3-5-10(6-9)16(17,18)19/h3-6,8H,2,7H2,1H3,(H,20,21,24). The van der Waals surface area contributed by atoms with Crippen molar-refractivity contribution >= 4 is 33.9 Å². The molecule has 0 spiro atoms. The number of rotatable bonds is 5. The number of aromatic nitrogens is 3. The van der Waals surface area contributed by atoms with Crippen molar-refractivity contribution in [2.45, 2.75) is 25.9 Å². The molecule has 5 nitrogen and oxygen atoms in total. The average molecular weight is 398 g/mol. The van der Waals surface area contributed by atoms with Gasteiger partial charge in [0.05, 0.1) is 11.3 Å².